The third kappa shape index (κ3) is 3.65. The second kappa shape index (κ2) is 7.06. The van der Waals surface area contributed by atoms with Crippen LogP contribution in [0.3, 0.4) is 0 Å². The van der Waals surface area contributed by atoms with E-state index in [-0.39, 0.29) is 0 Å². The van der Waals surface area contributed by atoms with Crippen LogP contribution in [0.5, 0.6) is 0 Å². The molecule has 0 fully saturated rings. The molecule has 0 saturated heterocycles. The van der Waals surface area contributed by atoms with E-state index < -0.39 is 0 Å². The average molecular weight is 270 g/mol. The first kappa shape index (κ1) is 13.8. The molecule has 0 radical (unpaired) electrons. The molecule has 1 aromatic carbocycles. The minimum Gasteiger partial charge on any atom is -0.383 e. The minimum atomic E-state index is 0.813. The molecule has 1 aromatic rings. The maximum atomic E-state index is 5.48. The summed E-state index contributed by atoms with van der Waals surface area (Å²) in [6.45, 7) is 3.83. The fourth-order valence-corrected chi connectivity index (χ4v) is 2.74. The Labute approximate surface area is 119 Å². The monoisotopic (exact) mass is 270 g/mol. The van der Waals surface area contributed by atoms with E-state index in [4.69, 9.17) is 6.42 Å². The molecule has 1 aliphatic rings. The van der Waals surface area contributed by atoms with Gasteiger partial charge in [-0.1, -0.05) is 18.9 Å². The van der Waals surface area contributed by atoms with Gasteiger partial charge < -0.3 is 5.32 Å². The van der Waals surface area contributed by atoms with Crippen molar-refractivity contribution in [2.75, 3.05) is 24.2 Å². The zero-order valence-electron chi connectivity index (χ0n) is 11.1. The van der Waals surface area contributed by atoms with Crippen LogP contribution in [0.15, 0.2) is 34.7 Å². The number of aliphatic imine (C=N–C) groups is 1. The molecule has 98 valence electrons. The fourth-order valence-electron chi connectivity index (χ4n) is 1.91. The lowest BCUT2D eigenvalue weighted by atomic mass is 10.1. The van der Waals surface area contributed by atoms with Gasteiger partial charge in [-0.3, -0.25) is 4.99 Å². The van der Waals surface area contributed by atoms with E-state index in [2.05, 4.69) is 46.8 Å². The first-order valence-corrected chi connectivity index (χ1v) is 7.55. The molecule has 2 nitrogen and oxygen atoms in total. The number of thioether (sulfide) groups is 1. The molecule has 0 aromatic heterocycles. The summed E-state index contributed by atoms with van der Waals surface area (Å²) in [5.74, 6) is 3.58. The van der Waals surface area contributed by atoms with Crippen molar-refractivity contribution in [2.24, 2.45) is 4.99 Å². The third-order valence-corrected chi connectivity index (χ3v) is 3.70. The van der Waals surface area contributed by atoms with Gasteiger partial charge in [0.2, 0.25) is 0 Å². The van der Waals surface area contributed by atoms with Gasteiger partial charge in [0.25, 0.3) is 0 Å². The van der Waals surface area contributed by atoms with Crippen LogP contribution in [0.4, 0.5) is 5.69 Å². The van der Waals surface area contributed by atoms with Crippen molar-refractivity contribution >= 4 is 23.2 Å². The van der Waals surface area contributed by atoms with Crippen LogP contribution in [0, 0.1) is 12.3 Å². The highest BCUT2D eigenvalue weighted by molar-refractivity contribution is 8.02. The summed E-state index contributed by atoms with van der Waals surface area (Å²) in [7, 11) is 0. The van der Waals surface area contributed by atoms with Crippen LogP contribution in [0.2, 0.25) is 0 Å². The van der Waals surface area contributed by atoms with Crippen molar-refractivity contribution in [1.82, 2.24) is 0 Å². The summed E-state index contributed by atoms with van der Waals surface area (Å²) in [6, 6.07) is 6.08. The highest BCUT2D eigenvalue weighted by Gasteiger charge is 2.12. The molecule has 0 spiro atoms. The Balaban J connectivity index is 2.22. The zero-order chi connectivity index (χ0) is 13.5. The molecule has 1 N–H and O–H groups in total. The first-order chi connectivity index (χ1) is 9.35. The van der Waals surface area contributed by atoms with E-state index in [1.54, 1.807) is 11.8 Å². The Morgan fingerprint density at radius 1 is 1.53 bits per heavy atom. The molecule has 19 heavy (non-hydrogen) atoms. The Bertz CT molecular complexity index is 538. The van der Waals surface area contributed by atoms with Gasteiger partial charge >= 0.3 is 0 Å². The van der Waals surface area contributed by atoms with Crippen LogP contribution < -0.4 is 5.32 Å². The van der Waals surface area contributed by atoms with E-state index in [1.165, 1.54) is 0 Å². The maximum Gasteiger partial charge on any atom is 0.0566 e. The maximum absolute atomic E-state index is 5.48. The zero-order valence-corrected chi connectivity index (χ0v) is 12.0. The average Bonchev–Trinajstić information content (AvgIpc) is 2.65. The van der Waals surface area contributed by atoms with Crippen molar-refractivity contribution in [3.8, 4) is 12.3 Å². The molecule has 0 saturated carbocycles. The minimum absolute atomic E-state index is 0.813. The number of fused-ring (bicyclic) bond motifs is 1. The van der Waals surface area contributed by atoms with Crippen LogP contribution >= 0.6 is 11.8 Å². The molecular weight excluding hydrogens is 252 g/mol. The van der Waals surface area contributed by atoms with Crippen molar-refractivity contribution < 1.29 is 0 Å². The molecular formula is C16H18N2S. The topological polar surface area (TPSA) is 24.4 Å². The van der Waals surface area contributed by atoms with Crippen LogP contribution in [-0.2, 0) is 0 Å². The summed E-state index contributed by atoms with van der Waals surface area (Å²) in [5, 5.41) is 5.54. The van der Waals surface area contributed by atoms with E-state index in [1.807, 2.05) is 6.07 Å². The molecule has 2 rings (SSSR count). The van der Waals surface area contributed by atoms with Gasteiger partial charge in [-0.2, -0.15) is 0 Å². The van der Waals surface area contributed by atoms with Crippen molar-refractivity contribution in [3.05, 3.63) is 40.8 Å². The highest BCUT2D eigenvalue weighted by atomic mass is 32.2. The van der Waals surface area contributed by atoms with E-state index >= 15 is 0 Å². The first-order valence-electron chi connectivity index (χ1n) is 6.50. The van der Waals surface area contributed by atoms with Crippen molar-refractivity contribution in [1.29, 1.82) is 0 Å². The van der Waals surface area contributed by atoms with Gasteiger partial charge in [-0.05, 0) is 30.0 Å². The Kier molecular flexibility index (Phi) is 5.11. The van der Waals surface area contributed by atoms with Gasteiger partial charge in [0.1, 0.15) is 0 Å². The fraction of sp³-hybridized carbons (Fsp3) is 0.312. The normalized spacial score (nSPS) is 14.2. The molecule has 0 atom stereocenters. The largest absolute Gasteiger partial charge is 0.383 e. The summed E-state index contributed by atoms with van der Waals surface area (Å²) >= 11 is 1.78. The number of nitrogens with one attached hydrogen (secondary N) is 1. The summed E-state index contributed by atoms with van der Waals surface area (Å²) in [6.07, 6.45) is 8.71. The predicted molar refractivity (Wildman–Crippen MR) is 86.2 cm³/mol. The number of anilines is 1. The summed E-state index contributed by atoms with van der Waals surface area (Å²) < 4.78 is 0. The number of benzodiazepines with no additional fused rings is 1. The lowest BCUT2D eigenvalue weighted by Gasteiger charge is -2.10. The van der Waals surface area contributed by atoms with Gasteiger partial charge in [0.15, 0.2) is 0 Å². The predicted octanol–water partition coefficient (Wildman–Crippen LogP) is 3.54. The molecule has 1 aliphatic heterocycles. The van der Waals surface area contributed by atoms with Crippen LogP contribution in [-0.4, -0.2) is 24.6 Å². The molecule has 0 amide bonds. The van der Waals surface area contributed by atoms with Gasteiger partial charge in [0, 0.05) is 29.1 Å². The van der Waals surface area contributed by atoms with E-state index in [9.17, 15) is 0 Å². The SMILES string of the molecule is C#Cc1ccc2c(c1)C(CS/C=C\CC)=NCCN2. The quantitative estimate of drug-likeness (QED) is 0.846. The number of nitrogens with zero attached hydrogens (tertiary/aromatic N) is 1. The van der Waals surface area contributed by atoms with Crippen LogP contribution in [0.25, 0.3) is 0 Å². The molecule has 0 bridgehead atoms. The van der Waals surface area contributed by atoms with E-state index in [0.717, 1.165) is 47.8 Å². The smallest absolute Gasteiger partial charge is 0.0566 e. The number of rotatable bonds is 4. The lowest BCUT2D eigenvalue weighted by Crippen LogP contribution is -2.06. The number of terminal acetylenes is 1. The van der Waals surface area contributed by atoms with Gasteiger partial charge in [-0.15, -0.1) is 18.2 Å². The number of allylic oxidation sites excluding steroid dienone is 1. The number of benzene rings is 1. The van der Waals surface area contributed by atoms with Gasteiger partial charge in [-0.25, -0.2) is 0 Å². The Hall–Kier alpha value is -1.66. The van der Waals surface area contributed by atoms with E-state index in [0.29, 0.717) is 0 Å². The summed E-state index contributed by atoms with van der Waals surface area (Å²) in [4.78, 5) is 4.67. The third-order valence-electron chi connectivity index (χ3n) is 2.88. The summed E-state index contributed by atoms with van der Waals surface area (Å²) in [5.41, 5.74) is 4.31. The van der Waals surface area contributed by atoms with Gasteiger partial charge in [0.05, 0.1) is 12.3 Å². The van der Waals surface area contributed by atoms with Crippen molar-refractivity contribution in [2.45, 2.75) is 13.3 Å². The standard InChI is InChI=1S/C16H18N2S/c1-3-5-10-19-12-16-14-11-13(4-2)6-7-15(14)17-8-9-18-16/h2,5-7,10-11,17H,3,8-9,12H2,1H3/b10-5-. The molecule has 0 unspecified atom stereocenters. The molecule has 0 aliphatic carbocycles. The highest BCUT2D eigenvalue weighted by Crippen LogP contribution is 2.22. The number of hydrogen-bond acceptors (Lipinski definition) is 3. The molecule has 1 heterocycles. The Morgan fingerprint density at radius 3 is 3.21 bits per heavy atom. The second-order valence-corrected chi connectivity index (χ2v) is 5.15. The lowest BCUT2D eigenvalue weighted by molar-refractivity contribution is 1.03. The number of hydrogen-bond donors (Lipinski definition) is 1. The second-order valence-electron chi connectivity index (χ2n) is 4.25. The molecule has 3 heteroatoms. The Morgan fingerprint density at radius 2 is 2.42 bits per heavy atom. The van der Waals surface area contributed by atoms with Crippen LogP contribution in [0.1, 0.15) is 24.5 Å². The van der Waals surface area contributed by atoms with Crippen molar-refractivity contribution in [3.63, 3.8) is 0 Å².